The van der Waals surface area contributed by atoms with Crippen molar-refractivity contribution in [1.82, 2.24) is 35.5 Å². The third kappa shape index (κ3) is 4.02. The van der Waals surface area contributed by atoms with Gasteiger partial charge in [-0.15, -0.1) is 25.0 Å². The lowest BCUT2D eigenvalue weighted by atomic mass is 9.96. The quantitative estimate of drug-likeness (QED) is 0.699. The molecule has 0 radical (unpaired) electrons. The van der Waals surface area contributed by atoms with Gasteiger partial charge in [-0.2, -0.15) is 0 Å². The highest BCUT2D eigenvalue weighted by Gasteiger charge is 2.26. The van der Waals surface area contributed by atoms with E-state index in [0.29, 0.717) is 16.7 Å². The fourth-order valence-corrected chi connectivity index (χ4v) is 4.08. The van der Waals surface area contributed by atoms with Crippen molar-refractivity contribution in [2.24, 2.45) is 11.8 Å². The lowest BCUT2D eigenvalue weighted by Gasteiger charge is -2.31. The molecule has 1 N–H and O–H groups in total. The van der Waals surface area contributed by atoms with Crippen molar-refractivity contribution in [2.45, 2.75) is 33.1 Å². The van der Waals surface area contributed by atoms with Gasteiger partial charge in [-0.25, -0.2) is 0 Å². The second-order valence-electron chi connectivity index (χ2n) is 7.07. The molecule has 0 spiro atoms. The molecular formula is C16H21N9OS. The number of hydrogen-bond acceptors (Lipinski definition) is 9. The van der Waals surface area contributed by atoms with Crippen LogP contribution in [0.25, 0.3) is 5.65 Å². The second-order valence-corrected chi connectivity index (χ2v) is 8.13. The molecule has 3 aromatic heterocycles. The number of piperidine rings is 1. The van der Waals surface area contributed by atoms with Crippen LogP contribution >= 0.6 is 11.3 Å². The summed E-state index contributed by atoms with van der Waals surface area (Å²) >= 11 is 1.46. The van der Waals surface area contributed by atoms with E-state index in [1.165, 1.54) is 16.0 Å². The van der Waals surface area contributed by atoms with Gasteiger partial charge in [0.2, 0.25) is 11.0 Å². The molecule has 4 rings (SSSR count). The number of nitrogens with zero attached hydrogens (tertiary/aromatic N) is 8. The van der Waals surface area contributed by atoms with Crippen molar-refractivity contribution in [1.29, 1.82) is 0 Å². The molecule has 1 fully saturated rings. The molecule has 0 aliphatic carbocycles. The van der Waals surface area contributed by atoms with Gasteiger partial charge in [-0.3, -0.25) is 4.79 Å². The Morgan fingerprint density at radius 1 is 1.26 bits per heavy atom. The minimum absolute atomic E-state index is 0.0192. The van der Waals surface area contributed by atoms with E-state index in [1.54, 1.807) is 0 Å². The Morgan fingerprint density at radius 3 is 2.85 bits per heavy atom. The van der Waals surface area contributed by atoms with E-state index >= 15 is 0 Å². The molecule has 0 saturated carbocycles. The summed E-state index contributed by atoms with van der Waals surface area (Å²) in [5, 5.41) is 28.4. The molecule has 10 nitrogen and oxygen atoms in total. The highest BCUT2D eigenvalue weighted by atomic mass is 32.1. The van der Waals surface area contributed by atoms with Gasteiger partial charge in [-0.1, -0.05) is 25.2 Å². The average molecular weight is 387 g/mol. The number of aromatic nitrogens is 7. The number of tetrazole rings is 1. The lowest BCUT2D eigenvalue weighted by Crippen LogP contribution is -2.38. The summed E-state index contributed by atoms with van der Waals surface area (Å²) in [6.45, 7) is 5.79. The number of amides is 1. The molecular weight excluding hydrogens is 366 g/mol. The average Bonchev–Trinajstić information content (AvgIpc) is 3.30. The smallest absolute Gasteiger partial charge is 0.229 e. The molecule has 3 aromatic rings. The minimum atomic E-state index is -0.0320. The van der Waals surface area contributed by atoms with Crippen molar-refractivity contribution in [3.05, 3.63) is 17.1 Å². The normalized spacial score (nSPS) is 15.6. The Hall–Kier alpha value is -2.69. The zero-order valence-corrected chi connectivity index (χ0v) is 16.1. The predicted octanol–water partition coefficient (Wildman–Crippen LogP) is 1.42. The Balaban J connectivity index is 1.33. The van der Waals surface area contributed by atoms with Crippen LogP contribution in [-0.2, 0) is 11.2 Å². The maximum Gasteiger partial charge on any atom is 0.229 e. The van der Waals surface area contributed by atoms with E-state index in [0.717, 1.165) is 43.2 Å². The van der Waals surface area contributed by atoms with Crippen molar-refractivity contribution in [3.63, 3.8) is 0 Å². The van der Waals surface area contributed by atoms with Crippen molar-refractivity contribution >= 4 is 33.8 Å². The number of carbonyl (C=O) groups is 1. The summed E-state index contributed by atoms with van der Waals surface area (Å²) in [6, 6.07) is 3.74. The summed E-state index contributed by atoms with van der Waals surface area (Å²) in [7, 11) is 0. The van der Waals surface area contributed by atoms with E-state index in [4.69, 9.17) is 0 Å². The Labute approximate surface area is 160 Å². The van der Waals surface area contributed by atoms with Gasteiger partial charge in [0.15, 0.2) is 11.5 Å². The van der Waals surface area contributed by atoms with Crippen LogP contribution in [0.4, 0.5) is 10.9 Å². The number of carbonyl (C=O) groups excluding carboxylic acids is 1. The van der Waals surface area contributed by atoms with Crippen molar-refractivity contribution in [2.75, 3.05) is 23.3 Å². The molecule has 0 bridgehead atoms. The molecule has 1 aliphatic rings. The zero-order valence-electron chi connectivity index (χ0n) is 15.2. The van der Waals surface area contributed by atoms with Gasteiger partial charge in [0.25, 0.3) is 0 Å². The largest absolute Gasteiger partial charge is 0.355 e. The Kier molecular flexibility index (Phi) is 4.92. The molecule has 0 atom stereocenters. The first-order chi connectivity index (χ1) is 13.1. The van der Waals surface area contributed by atoms with Crippen LogP contribution in [0.3, 0.4) is 0 Å². The van der Waals surface area contributed by atoms with Gasteiger partial charge < -0.3 is 10.2 Å². The molecule has 11 heteroatoms. The standard InChI is InChI=1S/C16H21N9OS/c1-10(2)9-14-19-20-16(27-14)17-15(26)11-5-7-24(8-6-11)13-4-3-12-18-22-23-25(12)21-13/h3-4,10-11H,5-9H2,1-2H3,(H,17,20,26). The molecule has 1 aliphatic heterocycles. The fraction of sp³-hybridized carbons (Fsp3) is 0.562. The van der Waals surface area contributed by atoms with Crippen LogP contribution < -0.4 is 10.2 Å². The number of rotatable bonds is 5. The summed E-state index contributed by atoms with van der Waals surface area (Å²) in [4.78, 5) is 14.7. The van der Waals surface area contributed by atoms with Gasteiger partial charge >= 0.3 is 0 Å². The molecule has 1 amide bonds. The Bertz CT molecular complexity index is 929. The summed E-state index contributed by atoms with van der Waals surface area (Å²) in [6.07, 6.45) is 2.40. The van der Waals surface area contributed by atoms with E-state index in [9.17, 15) is 4.79 Å². The first kappa shape index (κ1) is 17.7. The number of anilines is 2. The fourth-order valence-electron chi connectivity index (χ4n) is 3.12. The first-order valence-corrected chi connectivity index (χ1v) is 9.84. The van der Waals surface area contributed by atoms with Crippen LogP contribution in [0.2, 0.25) is 0 Å². The van der Waals surface area contributed by atoms with Gasteiger partial charge in [-0.05, 0) is 41.3 Å². The summed E-state index contributed by atoms with van der Waals surface area (Å²) in [5.74, 6) is 1.32. The summed E-state index contributed by atoms with van der Waals surface area (Å²) < 4.78 is 1.42. The van der Waals surface area contributed by atoms with E-state index in [-0.39, 0.29) is 11.8 Å². The van der Waals surface area contributed by atoms with Gasteiger partial charge in [0, 0.05) is 25.4 Å². The predicted molar refractivity (Wildman–Crippen MR) is 101 cm³/mol. The van der Waals surface area contributed by atoms with E-state index < -0.39 is 0 Å². The topological polar surface area (TPSA) is 114 Å². The van der Waals surface area contributed by atoms with E-state index in [1.807, 2.05) is 12.1 Å². The van der Waals surface area contributed by atoms with E-state index in [2.05, 4.69) is 54.9 Å². The third-order valence-electron chi connectivity index (χ3n) is 4.53. The van der Waals surface area contributed by atoms with Crippen molar-refractivity contribution in [3.8, 4) is 0 Å². The minimum Gasteiger partial charge on any atom is -0.355 e. The van der Waals surface area contributed by atoms with Crippen molar-refractivity contribution < 1.29 is 4.79 Å². The van der Waals surface area contributed by atoms with Crippen LogP contribution in [0.1, 0.15) is 31.7 Å². The lowest BCUT2D eigenvalue weighted by molar-refractivity contribution is -0.120. The molecule has 4 heterocycles. The van der Waals surface area contributed by atoms with Gasteiger partial charge in [0.05, 0.1) is 0 Å². The SMILES string of the molecule is CC(C)Cc1nnc(NC(=O)C2CCN(c3ccc4nnnn4n3)CC2)s1. The first-order valence-electron chi connectivity index (χ1n) is 9.02. The molecule has 27 heavy (non-hydrogen) atoms. The second kappa shape index (κ2) is 7.51. The molecule has 0 unspecified atom stereocenters. The van der Waals surface area contributed by atoms with Crippen LogP contribution in [-0.4, -0.2) is 54.4 Å². The number of hydrogen-bond donors (Lipinski definition) is 1. The number of nitrogens with one attached hydrogen (secondary N) is 1. The zero-order chi connectivity index (χ0) is 18.8. The molecule has 0 aromatic carbocycles. The van der Waals surface area contributed by atoms with Gasteiger partial charge in [0.1, 0.15) is 5.01 Å². The third-order valence-corrected chi connectivity index (χ3v) is 5.39. The maximum absolute atomic E-state index is 12.5. The van der Waals surface area contributed by atoms with Crippen LogP contribution in [0.5, 0.6) is 0 Å². The van der Waals surface area contributed by atoms with Crippen LogP contribution in [0, 0.1) is 11.8 Å². The highest BCUT2D eigenvalue weighted by Crippen LogP contribution is 2.24. The highest BCUT2D eigenvalue weighted by molar-refractivity contribution is 7.15. The molecule has 142 valence electrons. The number of fused-ring (bicyclic) bond motifs is 1. The maximum atomic E-state index is 12.5. The summed E-state index contributed by atoms with van der Waals surface area (Å²) in [5.41, 5.74) is 0.613. The monoisotopic (exact) mass is 387 g/mol. The van der Waals surface area contributed by atoms with Crippen LogP contribution in [0.15, 0.2) is 12.1 Å². The molecule has 1 saturated heterocycles. The Morgan fingerprint density at radius 2 is 2.07 bits per heavy atom.